The van der Waals surface area contributed by atoms with Crippen LogP contribution in [-0.4, -0.2) is 30.0 Å². The van der Waals surface area contributed by atoms with Crippen LogP contribution in [0.15, 0.2) is 33.5 Å². The number of nitrogens with one attached hydrogen (secondary N) is 3. The highest BCUT2D eigenvalue weighted by Gasteiger charge is 2.24. The van der Waals surface area contributed by atoms with Gasteiger partial charge in [0.15, 0.2) is 0 Å². The van der Waals surface area contributed by atoms with E-state index in [1.54, 1.807) is 0 Å². The molecule has 1 aromatic carbocycles. The molecule has 2 atom stereocenters. The second-order valence-electron chi connectivity index (χ2n) is 5.76. The average Bonchev–Trinajstić information content (AvgIpc) is 2.50. The van der Waals surface area contributed by atoms with E-state index in [0.717, 1.165) is 29.4 Å². The second-order valence-corrected chi connectivity index (χ2v) is 6.61. The lowest BCUT2D eigenvalue weighted by Gasteiger charge is -2.30. The number of halogens is 1. The molecule has 1 saturated heterocycles. The van der Waals surface area contributed by atoms with Gasteiger partial charge in [0, 0.05) is 22.0 Å². The van der Waals surface area contributed by atoms with E-state index in [1.807, 2.05) is 18.2 Å². The zero-order valence-electron chi connectivity index (χ0n) is 12.3. The molecule has 1 aromatic heterocycles. The molecule has 1 aliphatic rings. The fraction of sp³-hybridized carbons (Fsp3) is 0.375. The van der Waals surface area contributed by atoms with Crippen molar-refractivity contribution >= 4 is 32.7 Å². The summed E-state index contributed by atoms with van der Waals surface area (Å²) >= 11 is 3.41. The van der Waals surface area contributed by atoms with E-state index >= 15 is 0 Å². The predicted octanol–water partition coefficient (Wildman–Crippen LogP) is 2.02. The number of para-hydroxylation sites is 1. The molecule has 3 rings (SSSR count). The quantitative estimate of drug-likeness (QED) is 0.763. The first-order valence-electron chi connectivity index (χ1n) is 7.39. The van der Waals surface area contributed by atoms with Crippen LogP contribution in [0.4, 0.5) is 0 Å². The summed E-state index contributed by atoms with van der Waals surface area (Å²) in [7, 11) is 0. The van der Waals surface area contributed by atoms with Crippen molar-refractivity contribution in [3.05, 3.63) is 44.7 Å². The summed E-state index contributed by atoms with van der Waals surface area (Å²) in [6.45, 7) is 3.91. The highest BCUT2D eigenvalue weighted by molar-refractivity contribution is 9.10. The van der Waals surface area contributed by atoms with Crippen LogP contribution in [0, 0.1) is 5.92 Å². The first-order valence-corrected chi connectivity index (χ1v) is 8.18. The van der Waals surface area contributed by atoms with Crippen LogP contribution in [0.3, 0.4) is 0 Å². The number of piperidine rings is 1. The van der Waals surface area contributed by atoms with Gasteiger partial charge in [0.2, 0.25) is 5.56 Å². The number of carbonyl (C=O) groups excluding carboxylic acids is 1. The maximum atomic E-state index is 12.6. The van der Waals surface area contributed by atoms with E-state index in [0.29, 0.717) is 17.0 Å². The molecule has 1 fully saturated rings. The third-order valence-electron chi connectivity index (χ3n) is 4.17. The summed E-state index contributed by atoms with van der Waals surface area (Å²) in [5.74, 6) is 0.186. The van der Waals surface area contributed by atoms with E-state index in [2.05, 4.69) is 38.5 Å². The number of benzene rings is 1. The van der Waals surface area contributed by atoms with E-state index in [4.69, 9.17) is 0 Å². The number of carbonyl (C=O) groups is 1. The van der Waals surface area contributed by atoms with Gasteiger partial charge in [-0.2, -0.15) is 0 Å². The molecule has 0 radical (unpaired) electrons. The summed E-state index contributed by atoms with van der Waals surface area (Å²) in [6.07, 6.45) is 0.901. The van der Waals surface area contributed by atoms with Crippen molar-refractivity contribution in [3.8, 4) is 0 Å². The van der Waals surface area contributed by atoms with Crippen molar-refractivity contribution < 1.29 is 4.79 Å². The van der Waals surface area contributed by atoms with Crippen LogP contribution in [0.2, 0.25) is 0 Å². The smallest absolute Gasteiger partial charge is 0.252 e. The van der Waals surface area contributed by atoms with Gasteiger partial charge in [0.05, 0.1) is 11.1 Å². The zero-order valence-corrected chi connectivity index (χ0v) is 13.9. The van der Waals surface area contributed by atoms with Gasteiger partial charge in [-0.05, 0) is 47.4 Å². The number of aromatic nitrogens is 1. The standard InChI is InChI=1S/C16H18BrN3O2/c1-9-8-18-6-5-13(9)19-16(22)11-7-14(21)20-15-10(11)3-2-4-12(15)17/h2-4,7,9,13,18H,5-6,8H2,1H3,(H,19,22)(H,20,21). The molecule has 22 heavy (non-hydrogen) atoms. The maximum Gasteiger partial charge on any atom is 0.252 e. The highest BCUT2D eigenvalue weighted by Crippen LogP contribution is 2.23. The van der Waals surface area contributed by atoms with Gasteiger partial charge >= 0.3 is 0 Å². The first-order chi connectivity index (χ1) is 10.6. The second kappa shape index (κ2) is 6.22. The lowest BCUT2D eigenvalue weighted by Crippen LogP contribution is -2.48. The Morgan fingerprint density at radius 2 is 2.23 bits per heavy atom. The maximum absolute atomic E-state index is 12.6. The summed E-state index contributed by atoms with van der Waals surface area (Å²) in [6, 6.07) is 7.05. The van der Waals surface area contributed by atoms with Crippen LogP contribution in [0.25, 0.3) is 10.9 Å². The Balaban J connectivity index is 1.97. The molecule has 0 saturated carbocycles. The molecule has 3 N–H and O–H groups in total. The fourth-order valence-electron chi connectivity index (χ4n) is 2.91. The molecular weight excluding hydrogens is 346 g/mol. The van der Waals surface area contributed by atoms with Crippen molar-refractivity contribution in [1.29, 1.82) is 0 Å². The molecule has 0 aliphatic carbocycles. The summed E-state index contributed by atoms with van der Waals surface area (Å²) in [5.41, 5.74) is 0.798. The number of aromatic amines is 1. The molecule has 2 heterocycles. The number of H-pyrrole nitrogens is 1. The minimum absolute atomic E-state index is 0.134. The van der Waals surface area contributed by atoms with E-state index in [1.165, 1.54) is 6.07 Å². The van der Waals surface area contributed by atoms with E-state index in [9.17, 15) is 9.59 Å². The van der Waals surface area contributed by atoms with Gasteiger partial charge in [-0.1, -0.05) is 19.1 Å². The Labute approximate surface area is 136 Å². The Morgan fingerprint density at radius 3 is 3.00 bits per heavy atom. The monoisotopic (exact) mass is 363 g/mol. The third-order valence-corrected chi connectivity index (χ3v) is 4.83. The summed E-state index contributed by atoms with van der Waals surface area (Å²) in [4.78, 5) is 27.3. The molecular formula is C16H18BrN3O2. The molecule has 0 spiro atoms. The lowest BCUT2D eigenvalue weighted by molar-refractivity contribution is 0.0915. The average molecular weight is 364 g/mol. The number of fused-ring (bicyclic) bond motifs is 1. The van der Waals surface area contributed by atoms with Crippen molar-refractivity contribution in [2.75, 3.05) is 13.1 Å². The van der Waals surface area contributed by atoms with Crippen LogP contribution in [0.5, 0.6) is 0 Å². The van der Waals surface area contributed by atoms with E-state index < -0.39 is 0 Å². The minimum Gasteiger partial charge on any atom is -0.349 e. The molecule has 0 bridgehead atoms. The van der Waals surface area contributed by atoms with Crippen molar-refractivity contribution in [1.82, 2.24) is 15.6 Å². The Bertz CT molecular complexity index is 772. The van der Waals surface area contributed by atoms with Gasteiger partial charge in [0.1, 0.15) is 0 Å². The largest absolute Gasteiger partial charge is 0.349 e. The van der Waals surface area contributed by atoms with Gasteiger partial charge in [-0.25, -0.2) is 0 Å². The molecule has 2 unspecified atom stereocenters. The number of amides is 1. The molecule has 1 aliphatic heterocycles. The van der Waals surface area contributed by atoms with Crippen LogP contribution in [0.1, 0.15) is 23.7 Å². The third kappa shape index (κ3) is 2.94. The first kappa shape index (κ1) is 15.2. The SMILES string of the molecule is CC1CNCCC1NC(=O)c1cc(=O)[nH]c2c(Br)cccc12. The van der Waals surface area contributed by atoms with Gasteiger partial charge in [-0.3, -0.25) is 9.59 Å². The predicted molar refractivity (Wildman–Crippen MR) is 90.2 cm³/mol. The molecule has 6 heteroatoms. The van der Waals surface area contributed by atoms with Crippen LogP contribution >= 0.6 is 15.9 Å². The summed E-state index contributed by atoms with van der Waals surface area (Å²) < 4.78 is 0.770. The van der Waals surface area contributed by atoms with Gasteiger partial charge < -0.3 is 15.6 Å². The minimum atomic E-state index is -0.275. The molecule has 5 nitrogen and oxygen atoms in total. The van der Waals surface area contributed by atoms with Gasteiger partial charge in [-0.15, -0.1) is 0 Å². The normalized spacial score (nSPS) is 21.7. The lowest BCUT2D eigenvalue weighted by atomic mass is 9.95. The zero-order chi connectivity index (χ0) is 15.7. The van der Waals surface area contributed by atoms with Crippen LogP contribution in [-0.2, 0) is 0 Å². The van der Waals surface area contributed by atoms with Crippen molar-refractivity contribution in [2.45, 2.75) is 19.4 Å². The Kier molecular flexibility index (Phi) is 4.31. The summed E-state index contributed by atoms with van der Waals surface area (Å²) in [5, 5.41) is 7.13. The Hall–Kier alpha value is -1.66. The Morgan fingerprint density at radius 1 is 1.41 bits per heavy atom. The molecule has 2 aromatic rings. The van der Waals surface area contributed by atoms with Crippen molar-refractivity contribution in [3.63, 3.8) is 0 Å². The number of hydrogen-bond acceptors (Lipinski definition) is 3. The number of pyridine rings is 1. The number of rotatable bonds is 2. The van der Waals surface area contributed by atoms with Gasteiger partial charge in [0.25, 0.3) is 5.91 Å². The topological polar surface area (TPSA) is 74.0 Å². The molecule has 1 amide bonds. The molecule has 116 valence electrons. The number of hydrogen-bond donors (Lipinski definition) is 3. The highest BCUT2D eigenvalue weighted by atomic mass is 79.9. The fourth-order valence-corrected chi connectivity index (χ4v) is 3.37. The van der Waals surface area contributed by atoms with Crippen LogP contribution < -0.4 is 16.2 Å². The van der Waals surface area contributed by atoms with Crippen molar-refractivity contribution in [2.24, 2.45) is 5.92 Å². The van der Waals surface area contributed by atoms with E-state index in [-0.39, 0.29) is 17.5 Å².